The maximum absolute atomic E-state index is 13.1. The van der Waals surface area contributed by atoms with E-state index in [4.69, 9.17) is 10.8 Å². The van der Waals surface area contributed by atoms with Crippen molar-refractivity contribution in [3.8, 4) is 0 Å². The molecule has 0 amide bonds. The normalized spacial score (nSPS) is 12.1. The minimum Gasteiger partial charge on any atom is -0.480 e. The predicted molar refractivity (Wildman–Crippen MR) is 51.0 cm³/mol. The van der Waals surface area contributed by atoms with Crippen LogP contribution in [0.2, 0.25) is 0 Å². The number of rotatable bonds is 4. The summed E-state index contributed by atoms with van der Waals surface area (Å²) in [6.07, 6.45) is -0.406. The van der Waals surface area contributed by atoms with Crippen LogP contribution in [-0.4, -0.2) is 22.9 Å². The molecule has 4 nitrogen and oxygen atoms in total. The minimum absolute atomic E-state index is 0.130. The van der Waals surface area contributed by atoms with Crippen LogP contribution in [0.5, 0.6) is 0 Å². The molecule has 80 valence electrons. The Morgan fingerprint density at radius 3 is 2.53 bits per heavy atom. The Morgan fingerprint density at radius 2 is 2.00 bits per heavy atom. The number of nitrogens with two attached hydrogens (primary N) is 1. The number of hydrogen-bond donors (Lipinski definition) is 2. The van der Waals surface area contributed by atoms with Gasteiger partial charge in [-0.2, -0.15) is 0 Å². The van der Waals surface area contributed by atoms with Crippen LogP contribution < -0.4 is 5.73 Å². The van der Waals surface area contributed by atoms with E-state index in [2.05, 4.69) is 0 Å². The highest BCUT2D eigenvalue weighted by molar-refractivity contribution is 5.98. The summed E-state index contributed by atoms with van der Waals surface area (Å²) < 4.78 is 13.1. The fourth-order valence-electron chi connectivity index (χ4n) is 1.08. The largest absolute Gasteiger partial charge is 0.480 e. The van der Waals surface area contributed by atoms with E-state index in [0.29, 0.717) is 0 Å². The van der Waals surface area contributed by atoms with Crippen molar-refractivity contribution >= 4 is 11.8 Å². The van der Waals surface area contributed by atoms with Crippen molar-refractivity contribution in [1.29, 1.82) is 0 Å². The average molecular weight is 211 g/mol. The van der Waals surface area contributed by atoms with Gasteiger partial charge in [-0.05, 0) is 12.1 Å². The number of carboxylic acids is 1. The Labute approximate surface area is 85.5 Å². The summed E-state index contributed by atoms with van der Waals surface area (Å²) in [5.41, 5.74) is 5.03. The summed E-state index contributed by atoms with van der Waals surface area (Å²) in [7, 11) is 0. The second kappa shape index (κ2) is 4.65. The summed E-state index contributed by atoms with van der Waals surface area (Å²) in [6.45, 7) is 0. The van der Waals surface area contributed by atoms with Gasteiger partial charge >= 0.3 is 5.97 Å². The SMILES string of the molecule is NC(CC(=O)c1ccccc1F)C(=O)O. The molecule has 3 N–H and O–H groups in total. The molecule has 5 heteroatoms. The van der Waals surface area contributed by atoms with Crippen molar-refractivity contribution in [3.63, 3.8) is 0 Å². The number of halogens is 1. The highest BCUT2D eigenvalue weighted by Gasteiger charge is 2.19. The molecule has 1 aromatic rings. The first-order valence-corrected chi connectivity index (χ1v) is 4.28. The van der Waals surface area contributed by atoms with Gasteiger partial charge in [0.15, 0.2) is 5.78 Å². The van der Waals surface area contributed by atoms with Crippen molar-refractivity contribution < 1.29 is 19.1 Å². The van der Waals surface area contributed by atoms with Gasteiger partial charge in [0.25, 0.3) is 0 Å². The third-order valence-corrected chi connectivity index (χ3v) is 1.90. The van der Waals surface area contributed by atoms with Gasteiger partial charge in [0.2, 0.25) is 0 Å². The topological polar surface area (TPSA) is 80.4 Å². The molecule has 0 saturated heterocycles. The lowest BCUT2D eigenvalue weighted by atomic mass is 10.0. The van der Waals surface area contributed by atoms with Gasteiger partial charge in [-0.1, -0.05) is 12.1 Å². The number of benzene rings is 1. The number of aliphatic carboxylic acids is 1. The summed E-state index contributed by atoms with van der Waals surface area (Å²) in [5, 5.41) is 8.48. The number of carbonyl (C=O) groups excluding carboxylic acids is 1. The Morgan fingerprint density at radius 1 is 1.40 bits per heavy atom. The lowest BCUT2D eigenvalue weighted by Gasteiger charge is -2.05. The highest BCUT2D eigenvalue weighted by atomic mass is 19.1. The molecule has 0 aliphatic carbocycles. The molecule has 1 atom stereocenters. The maximum atomic E-state index is 13.1. The van der Waals surface area contributed by atoms with Crippen LogP contribution in [-0.2, 0) is 4.79 Å². The monoisotopic (exact) mass is 211 g/mol. The number of ketones is 1. The molecule has 1 rings (SSSR count). The van der Waals surface area contributed by atoms with Gasteiger partial charge in [-0.25, -0.2) is 4.39 Å². The van der Waals surface area contributed by atoms with Crippen molar-refractivity contribution in [2.45, 2.75) is 12.5 Å². The quantitative estimate of drug-likeness (QED) is 0.722. The zero-order valence-corrected chi connectivity index (χ0v) is 7.81. The van der Waals surface area contributed by atoms with Gasteiger partial charge in [0.1, 0.15) is 11.9 Å². The maximum Gasteiger partial charge on any atom is 0.320 e. The fraction of sp³-hybridized carbons (Fsp3) is 0.200. The van der Waals surface area contributed by atoms with Crippen LogP contribution in [0.15, 0.2) is 24.3 Å². The van der Waals surface area contributed by atoms with Crippen LogP contribution in [0.25, 0.3) is 0 Å². The standard InChI is InChI=1S/C10H10FNO3/c11-7-4-2-1-3-6(7)9(13)5-8(12)10(14)15/h1-4,8H,5,12H2,(H,14,15). The average Bonchev–Trinajstić information content (AvgIpc) is 2.18. The van der Waals surface area contributed by atoms with E-state index in [9.17, 15) is 14.0 Å². The van der Waals surface area contributed by atoms with Crippen LogP contribution in [0.1, 0.15) is 16.8 Å². The number of carboxylic acid groups (broad SMARTS) is 1. The Hall–Kier alpha value is -1.75. The molecule has 1 aromatic carbocycles. The summed E-state index contributed by atoms with van der Waals surface area (Å²) in [4.78, 5) is 21.8. The van der Waals surface area contributed by atoms with Gasteiger partial charge in [0.05, 0.1) is 5.56 Å². The van der Waals surface area contributed by atoms with Crippen LogP contribution in [0.3, 0.4) is 0 Å². The second-order valence-electron chi connectivity index (χ2n) is 3.05. The number of carbonyl (C=O) groups is 2. The molecular formula is C10H10FNO3. The van der Waals surface area contributed by atoms with Crippen molar-refractivity contribution in [2.24, 2.45) is 5.73 Å². The lowest BCUT2D eigenvalue weighted by molar-refractivity contribution is -0.138. The fourth-order valence-corrected chi connectivity index (χ4v) is 1.08. The van der Waals surface area contributed by atoms with E-state index in [0.717, 1.165) is 6.07 Å². The number of hydrogen-bond acceptors (Lipinski definition) is 3. The molecule has 1 unspecified atom stereocenters. The first-order chi connectivity index (χ1) is 7.02. The Kier molecular flexibility index (Phi) is 3.51. The molecule has 0 heterocycles. The van der Waals surface area contributed by atoms with Gasteiger partial charge in [0, 0.05) is 6.42 Å². The van der Waals surface area contributed by atoms with Gasteiger partial charge in [-0.15, -0.1) is 0 Å². The first kappa shape index (κ1) is 11.3. The summed E-state index contributed by atoms with van der Waals surface area (Å²) >= 11 is 0. The predicted octanol–water partition coefficient (Wildman–Crippen LogP) is 0.810. The van der Waals surface area contributed by atoms with E-state index < -0.39 is 30.0 Å². The summed E-state index contributed by atoms with van der Waals surface area (Å²) in [6, 6.07) is 4.09. The molecule has 0 aliphatic heterocycles. The molecule has 0 aliphatic rings. The van der Waals surface area contributed by atoms with E-state index in [1.165, 1.54) is 18.2 Å². The lowest BCUT2D eigenvalue weighted by Crippen LogP contribution is -2.32. The molecule has 0 saturated carbocycles. The van der Waals surface area contributed by atoms with Crippen LogP contribution in [0.4, 0.5) is 4.39 Å². The van der Waals surface area contributed by atoms with Crippen molar-refractivity contribution in [2.75, 3.05) is 0 Å². The zero-order valence-electron chi connectivity index (χ0n) is 7.81. The molecule has 0 radical (unpaired) electrons. The molecule has 0 bridgehead atoms. The zero-order chi connectivity index (χ0) is 11.4. The van der Waals surface area contributed by atoms with Gasteiger partial charge in [-0.3, -0.25) is 9.59 Å². The third kappa shape index (κ3) is 2.85. The summed E-state index contributed by atoms with van der Waals surface area (Å²) in [5.74, 6) is -2.55. The molecule has 0 aromatic heterocycles. The van der Waals surface area contributed by atoms with E-state index in [-0.39, 0.29) is 5.56 Å². The third-order valence-electron chi connectivity index (χ3n) is 1.90. The van der Waals surface area contributed by atoms with Crippen LogP contribution in [0, 0.1) is 5.82 Å². The van der Waals surface area contributed by atoms with Crippen molar-refractivity contribution in [1.82, 2.24) is 0 Å². The van der Waals surface area contributed by atoms with E-state index >= 15 is 0 Å². The van der Waals surface area contributed by atoms with Gasteiger partial charge < -0.3 is 10.8 Å². The Balaban J connectivity index is 2.78. The minimum atomic E-state index is -1.29. The van der Waals surface area contributed by atoms with E-state index in [1.54, 1.807) is 0 Å². The molecule has 15 heavy (non-hydrogen) atoms. The first-order valence-electron chi connectivity index (χ1n) is 4.28. The highest BCUT2D eigenvalue weighted by Crippen LogP contribution is 2.09. The van der Waals surface area contributed by atoms with E-state index in [1.807, 2.05) is 0 Å². The second-order valence-corrected chi connectivity index (χ2v) is 3.05. The smallest absolute Gasteiger partial charge is 0.320 e. The molecular weight excluding hydrogens is 201 g/mol. The number of Topliss-reactive ketones (excluding diaryl/α,β-unsaturated/α-hetero) is 1. The van der Waals surface area contributed by atoms with Crippen LogP contribution >= 0.6 is 0 Å². The molecule has 0 spiro atoms. The molecule has 0 fully saturated rings. The van der Waals surface area contributed by atoms with Crippen molar-refractivity contribution in [3.05, 3.63) is 35.6 Å². The Bertz CT molecular complexity index is 392.